The lowest BCUT2D eigenvalue weighted by atomic mass is 10.2. The molecule has 1 atom stereocenters. The molecule has 0 N–H and O–H groups in total. The SMILES string of the molecule is Cc1noc([C@@H]2CCCN2Cc2coc(C(C)C)n2)n1. The van der Waals surface area contributed by atoms with Crippen LogP contribution in [0.3, 0.4) is 0 Å². The normalized spacial score (nSPS) is 20.1. The summed E-state index contributed by atoms with van der Waals surface area (Å²) in [4.78, 5) is 11.2. The fraction of sp³-hybridized carbons (Fsp3) is 0.643. The molecule has 20 heavy (non-hydrogen) atoms. The number of hydrogen-bond acceptors (Lipinski definition) is 6. The van der Waals surface area contributed by atoms with Gasteiger partial charge in [-0.05, 0) is 26.3 Å². The summed E-state index contributed by atoms with van der Waals surface area (Å²) in [5.74, 6) is 2.52. The minimum absolute atomic E-state index is 0.204. The van der Waals surface area contributed by atoms with Gasteiger partial charge in [-0.25, -0.2) is 4.98 Å². The molecule has 0 spiro atoms. The van der Waals surface area contributed by atoms with Crippen LogP contribution in [0.15, 0.2) is 15.2 Å². The molecule has 2 aromatic heterocycles. The Hall–Kier alpha value is -1.69. The highest BCUT2D eigenvalue weighted by atomic mass is 16.5. The van der Waals surface area contributed by atoms with Crippen molar-refractivity contribution in [1.29, 1.82) is 0 Å². The first-order valence-electron chi connectivity index (χ1n) is 7.12. The zero-order valence-corrected chi connectivity index (χ0v) is 12.2. The number of hydrogen-bond donors (Lipinski definition) is 0. The molecule has 1 aliphatic rings. The van der Waals surface area contributed by atoms with Crippen LogP contribution in [0.2, 0.25) is 0 Å². The lowest BCUT2D eigenvalue weighted by Gasteiger charge is -2.19. The summed E-state index contributed by atoms with van der Waals surface area (Å²) in [6, 6.07) is 0.204. The topological polar surface area (TPSA) is 68.2 Å². The predicted molar refractivity (Wildman–Crippen MR) is 72.0 cm³/mol. The third kappa shape index (κ3) is 2.60. The summed E-state index contributed by atoms with van der Waals surface area (Å²) >= 11 is 0. The number of oxazole rings is 1. The fourth-order valence-corrected chi connectivity index (χ4v) is 2.61. The third-order valence-corrected chi connectivity index (χ3v) is 3.62. The number of aryl methyl sites for hydroxylation is 1. The molecule has 2 aromatic rings. The van der Waals surface area contributed by atoms with Crippen molar-refractivity contribution in [2.24, 2.45) is 0 Å². The fourth-order valence-electron chi connectivity index (χ4n) is 2.61. The van der Waals surface area contributed by atoms with Crippen LogP contribution in [0.4, 0.5) is 0 Å². The summed E-state index contributed by atoms with van der Waals surface area (Å²) in [6.45, 7) is 7.79. The van der Waals surface area contributed by atoms with Crippen LogP contribution in [-0.4, -0.2) is 26.6 Å². The molecule has 0 bridgehead atoms. The minimum atomic E-state index is 0.204. The molecule has 108 valence electrons. The quantitative estimate of drug-likeness (QED) is 0.855. The Labute approximate surface area is 118 Å². The van der Waals surface area contributed by atoms with E-state index in [4.69, 9.17) is 8.94 Å². The monoisotopic (exact) mass is 276 g/mol. The average molecular weight is 276 g/mol. The summed E-state index contributed by atoms with van der Waals surface area (Å²) in [7, 11) is 0. The molecule has 0 aliphatic carbocycles. The van der Waals surface area contributed by atoms with E-state index < -0.39 is 0 Å². The first-order valence-corrected chi connectivity index (χ1v) is 7.12. The van der Waals surface area contributed by atoms with Crippen molar-refractivity contribution in [2.75, 3.05) is 6.54 Å². The van der Waals surface area contributed by atoms with E-state index in [1.807, 2.05) is 6.92 Å². The largest absolute Gasteiger partial charge is 0.448 e. The van der Waals surface area contributed by atoms with Gasteiger partial charge in [0.05, 0.1) is 11.7 Å². The van der Waals surface area contributed by atoms with Gasteiger partial charge in [-0.15, -0.1) is 0 Å². The molecule has 0 radical (unpaired) electrons. The van der Waals surface area contributed by atoms with Crippen molar-refractivity contribution >= 4 is 0 Å². The summed E-state index contributed by atoms with van der Waals surface area (Å²) in [5, 5.41) is 3.88. The van der Waals surface area contributed by atoms with Crippen molar-refractivity contribution in [1.82, 2.24) is 20.0 Å². The van der Waals surface area contributed by atoms with Crippen LogP contribution in [-0.2, 0) is 6.54 Å². The van der Waals surface area contributed by atoms with E-state index in [2.05, 4.69) is 33.9 Å². The second kappa shape index (κ2) is 5.36. The number of rotatable bonds is 4. The Kier molecular flexibility index (Phi) is 3.56. The van der Waals surface area contributed by atoms with Crippen molar-refractivity contribution < 1.29 is 8.94 Å². The number of nitrogens with zero attached hydrogens (tertiary/aromatic N) is 4. The van der Waals surface area contributed by atoms with Gasteiger partial charge in [0.2, 0.25) is 5.89 Å². The van der Waals surface area contributed by atoms with Crippen LogP contribution >= 0.6 is 0 Å². The zero-order valence-electron chi connectivity index (χ0n) is 12.2. The van der Waals surface area contributed by atoms with Gasteiger partial charge in [0.15, 0.2) is 11.7 Å². The molecule has 0 unspecified atom stereocenters. The standard InChI is InChI=1S/C14H20N4O2/c1-9(2)13-16-11(8-19-13)7-18-6-4-5-12(18)14-15-10(3)17-20-14/h8-9,12H,4-7H2,1-3H3/t12-/m0/s1. The maximum Gasteiger partial charge on any atom is 0.243 e. The zero-order chi connectivity index (χ0) is 14.1. The van der Waals surface area contributed by atoms with Gasteiger partial charge in [0.25, 0.3) is 0 Å². The van der Waals surface area contributed by atoms with Crippen molar-refractivity contribution in [3.05, 3.63) is 29.6 Å². The highest BCUT2D eigenvalue weighted by Crippen LogP contribution is 2.32. The minimum Gasteiger partial charge on any atom is -0.448 e. The maximum atomic E-state index is 5.49. The Morgan fingerprint density at radius 1 is 1.40 bits per heavy atom. The van der Waals surface area contributed by atoms with Crippen LogP contribution in [0, 0.1) is 6.92 Å². The lowest BCUT2D eigenvalue weighted by molar-refractivity contribution is 0.199. The summed E-state index contributed by atoms with van der Waals surface area (Å²) in [5.41, 5.74) is 0.969. The van der Waals surface area contributed by atoms with E-state index in [1.54, 1.807) is 6.26 Å². The molecule has 1 saturated heterocycles. The molecule has 3 rings (SSSR count). The average Bonchev–Trinajstić information content (AvgIpc) is 3.09. The molecule has 6 heteroatoms. The van der Waals surface area contributed by atoms with E-state index in [0.717, 1.165) is 37.5 Å². The molecule has 0 aromatic carbocycles. The summed E-state index contributed by atoms with van der Waals surface area (Å²) < 4.78 is 10.8. The van der Waals surface area contributed by atoms with Crippen LogP contribution in [0.5, 0.6) is 0 Å². The smallest absolute Gasteiger partial charge is 0.243 e. The second-order valence-corrected chi connectivity index (χ2v) is 5.64. The predicted octanol–water partition coefficient (Wildman–Crippen LogP) is 2.83. The van der Waals surface area contributed by atoms with Gasteiger partial charge in [0.1, 0.15) is 6.26 Å². The van der Waals surface area contributed by atoms with E-state index in [0.29, 0.717) is 17.6 Å². The number of aromatic nitrogens is 3. The molecule has 3 heterocycles. The Morgan fingerprint density at radius 3 is 2.90 bits per heavy atom. The molecule has 6 nitrogen and oxygen atoms in total. The second-order valence-electron chi connectivity index (χ2n) is 5.64. The lowest BCUT2D eigenvalue weighted by Crippen LogP contribution is -2.23. The van der Waals surface area contributed by atoms with Crippen LogP contribution in [0.1, 0.15) is 61.9 Å². The first kappa shape index (κ1) is 13.3. The van der Waals surface area contributed by atoms with Gasteiger partial charge >= 0.3 is 0 Å². The van der Waals surface area contributed by atoms with Crippen molar-refractivity contribution in [3.8, 4) is 0 Å². The van der Waals surface area contributed by atoms with Crippen molar-refractivity contribution in [3.63, 3.8) is 0 Å². The molecule has 0 saturated carbocycles. The third-order valence-electron chi connectivity index (χ3n) is 3.62. The maximum absolute atomic E-state index is 5.49. The van der Waals surface area contributed by atoms with Gasteiger partial charge in [-0.2, -0.15) is 4.98 Å². The Bertz CT molecular complexity index is 575. The van der Waals surface area contributed by atoms with Crippen LogP contribution in [0.25, 0.3) is 0 Å². The molecule has 0 amide bonds. The highest BCUT2D eigenvalue weighted by molar-refractivity contribution is 5.02. The highest BCUT2D eigenvalue weighted by Gasteiger charge is 2.31. The Morgan fingerprint density at radius 2 is 2.25 bits per heavy atom. The van der Waals surface area contributed by atoms with E-state index in [-0.39, 0.29) is 6.04 Å². The molecular formula is C14H20N4O2. The summed E-state index contributed by atoms with van der Waals surface area (Å²) in [6.07, 6.45) is 3.95. The molecular weight excluding hydrogens is 256 g/mol. The molecule has 1 aliphatic heterocycles. The van der Waals surface area contributed by atoms with Gasteiger partial charge in [-0.3, -0.25) is 4.90 Å². The van der Waals surface area contributed by atoms with Gasteiger partial charge in [-0.1, -0.05) is 19.0 Å². The molecule has 1 fully saturated rings. The van der Waals surface area contributed by atoms with E-state index in [1.165, 1.54) is 0 Å². The van der Waals surface area contributed by atoms with Gasteiger partial charge in [0, 0.05) is 12.5 Å². The van der Waals surface area contributed by atoms with Crippen LogP contribution < -0.4 is 0 Å². The number of likely N-dealkylation sites (tertiary alicyclic amines) is 1. The van der Waals surface area contributed by atoms with Crippen molar-refractivity contribution in [2.45, 2.75) is 52.1 Å². The van der Waals surface area contributed by atoms with Gasteiger partial charge < -0.3 is 8.94 Å². The first-order chi connectivity index (χ1) is 9.63. The van der Waals surface area contributed by atoms with E-state index >= 15 is 0 Å². The Balaban J connectivity index is 1.72. The van der Waals surface area contributed by atoms with E-state index in [9.17, 15) is 0 Å².